The van der Waals surface area contributed by atoms with E-state index in [0.29, 0.717) is 47.4 Å². The molecule has 0 spiro atoms. The molecule has 2 saturated heterocycles. The first-order valence-electron chi connectivity index (χ1n) is 13.2. The van der Waals surface area contributed by atoms with Crippen molar-refractivity contribution in [2.45, 2.75) is 52.0 Å². The van der Waals surface area contributed by atoms with Crippen molar-refractivity contribution in [1.82, 2.24) is 24.8 Å². The van der Waals surface area contributed by atoms with Crippen LogP contribution in [0.5, 0.6) is 0 Å². The predicted octanol–water partition coefficient (Wildman–Crippen LogP) is 4.19. The molecule has 39 heavy (non-hydrogen) atoms. The van der Waals surface area contributed by atoms with Gasteiger partial charge in [0, 0.05) is 61.8 Å². The number of rotatable bonds is 5. The lowest BCUT2D eigenvalue weighted by atomic mass is 10.0. The van der Waals surface area contributed by atoms with E-state index in [1.54, 1.807) is 24.5 Å². The van der Waals surface area contributed by atoms with E-state index < -0.39 is 0 Å². The summed E-state index contributed by atoms with van der Waals surface area (Å²) in [6.45, 7) is 11.3. The minimum atomic E-state index is -0.367. The summed E-state index contributed by atoms with van der Waals surface area (Å²) in [5.74, 6) is 0.583. The lowest BCUT2D eigenvalue weighted by Gasteiger charge is -2.44. The second kappa shape index (κ2) is 11.1. The van der Waals surface area contributed by atoms with Gasteiger partial charge in [-0.25, -0.2) is 24.3 Å². The third kappa shape index (κ3) is 5.70. The highest BCUT2D eigenvalue weighted by Crippen LogP contribution is 2.38. The van der Waals surface area contributed by atoms with Gasteiger partial charge in [-0.15, -0.1) is 0 Å². The lowest BCUT2D eigenvalue weighted by molar-refractivity contribution is -0.00571. The maximum Gasteiger partial charge on any atom is 0.225 e. The number of likely N-dealkylation sites (N-methyl/N-ethyl adjacent to an activating group) is 1. The number of anilines is 5. The van der Waals surface area contributed by atoms with Crippen LogP contribution in [0.4, 0.5) is 33.2 Å². The number of nitrogens with one attached hydrogen (secondary N) is 1. The van der Waals surface area contributed by atoms with Crippen LogP contribution in [0.25, 0.3) is 11.1 Å². The minimum absolute atomic E-state index is 0.0818. The van der Waals surface area contributed by atoms with Crippen LogP contribution in [-0.4, -0.2) is 82.4 Å². The van der Waals surface area contributed by atoms with Crippen LogP contribution < -0.4 is 20.9 Å². The van der Waals surface area contributed by atoms with E-state index in [2.05, 4.69) is 60.8 Å². The Morgan fingerprint density at radius 2 is 1.59 bits per heavy atom. The van der Waals surface area contributed by atoms with Gasteiger partial charge in [-0.05, 0) is 46.9 Å². The van der Waals surface area contributed by atoms with E-state index in [1.165, 1.54) is 6.33 Å². The van der Waals surface area contributed by atoms with E-state index in [0.717, 1.165) is 13.1 Å². The third-order valence-corrected chi connectivity index (χ3v) is 7.83. The molecule has 0 unspecified atom stereocenters. The fourth-order valence-corrected chi connectivity index (χ4v) is 5.45. The number of hydrogen-bond acceptors (Lipinski definition) is 10. The number of nitrogens with zero attached hydrogens (tertiary/aromatic N) is 7. The first-order valence-corrected chi connectivity index (χ1v) is 13.5. The Bertz CT molecular complexity index is 1310. The number of nitrogens with two attached hydrogens (primary N) is 1. The topological polar surface area (TPSA) is 109 Å². The van der Waals surface area contributed by atoms with Crippen molar-refractivity contribution < 1.29 is 9.13 Å². The second-order valence-electron chi connectivity index (χ2n) is 10.6. The Labute approximate surface area is 233 Å². The Kier molecular flexibility index (Phi) is 7.75. The molecule has 2 aliphatic rings. The normalized spacial score (nSPS) is 24.2. The Morgan fingerprint density at radius 3 is 2.23 bits per heavy atom. The number of benzene rings is 1. The van der Waals surface area contributed by atoms with Crippen LogP contribution in [0.2, 0.25) is 5.15 Å². The molecule has 4 heterocycles. The Hall–Kier alpha value is -3.28. The van der Waals surface area contributed by atoms with Gasteiger partial charge in [0.1, 0.15) is 17.8 Å². The number of ether oxygens (including phenoxy) is 1. The largest absolute Gasteiger partial charge is 0.393 e. The highest BCUT2D eigenvalue weighted by Gasteiger charge is 2.29. The van der Waals surface area contributed by atoms with Gasteiger partial charge in [0.25, 0.3) is 0 Å². The standard InChI is InChI=1S/C27H35ClFN9O/c1-15-10-37(11-16(2)36(15)5)23-7-21(29)20(6-22(23)35-26-24(30)25(28)33-14-34-26)19-8-31-27(32-9-19)38-12-17(3)39-18(4)13-38/h6-9,14-18H,10-13,30H2,1-5H3,(H,33,34,35)/t15-,16+,17-,18+. The molecule has 4 atom stereocenters. The third-order valence-electron chi connectivity index (χ3n) is 7.53. The molecule has 0 saturated carbocycles. The molecule has 0 bridgehead atoms. The quantitative estimate of drug-likeness (QED) is 0.445. The average Bonchev–Trinajstić information content (AvgIpc) is 2.90. The maximum atomic E-state index is 15.8. The van der Waals surface area contributed by atoms with Crippen molar-refractivity contribution in [3.8, 4) is 11.1 Å². The number of morpholine rings is 1. The number of nitrogen functional groups attached to an aromatic ring is 1. The molecule has 2 aromatic heterocycles. The number of piperazine rings is 1. The van der Waals surface area contributed by atoms with Gasteiger partial charge >= 0.3 is 0 Å². The first-order chi connectivity index (χ1) is 18.6. The maximum absolute atomic E-state index is 15.8. The summed E-state index contributed by atoms with van der Waals surface area (Å²) in [4.78, 5) is 23.9. The van der Waals surface area contributed by atoms with Crippen molar-refractivity contribution in [2.75, 3.05) is 54.1 Å². The molecule has 0 amide bonds. The first kappa shape index (κ1) is 27.3. The second-order valence-corrected chi connectivity index (χ2v) is 11.0. The molecule has 208 valence electrons. The van der Waals surface area contributed by atoms with Gasteiger partial charge in [0.15, 0.2) is 11.0 Å². The van der Waals surface area contributed by atoms with Gasteiger partial charge in [-0.1, -0.05) is 11.6 Å². The predicted molar refractivity (Wildman–Crippen MR) is 153 cm³/mol. The molecule has 1 aromatic carbocycles. The molecular weight excluding hydrogens is 521 g/mol. The van der Waals surface area contributed by atoms with Crippen molar-refractivity contribution >= 4 is 40.4 Å². The lowest BCUT2D eigenvalue weighted by Crippen LogP contribution is -2.55. The molecule has 2 fully saturated rings. The van der Waals surface area contributed by atoms with Gasteiger partial charge in [-0.2, -0.15) is 0 Å². The van der Waals surface area contributed by atoms with Gasteiger partial charge in [0.2, 0.25) is 5.95 Å². The number of hydrogen-bond donors (Lipinski definition) is 2. The van der Waals surface area contributed by atoms with Crippen LogP contribution in [-0.2, 0) is 4.74 Å². The van der Waals surface area contributed by atoms with Crippen molar-refractivity contribution in [3.05, 3.63) is 41.8 Å². The van der Waals surface area contributed by atoms with E-state index in [4.69, 9.17) is 22.1 Å². The molecule has 5 rings (SSSR count). The molecule has 0 aliphatic carbocycles. The zero-order valence-corrected chi connectivity index (χ0v) is 23.7. The van der Waals surface area contributed by atoms with Crippen LogP contribution in [0.1, 0.15) is 27.7 Å². The summed E-state index contributed by atoms with van der Waals surface area (Å²) < 4.78 is 21.6. The minimum Gasteiger partial charge on any atom is -0.393 e. The highest BCUT2D eigenvalue weighted by atomic mass is 35.5. The van der Waals surface area contributed by atoms with E-state index in [-0.39, 0.29) is 40.9 Å². The van der Waals surface area contributed by atoms with Gasteiger partial charge in [0.05, 0.1) is 23.6 Å². The highest BCUT2D eigenvalue weighted by molar-refractivity contribution is 6.32. The molecule has 10 nitrogen and oxygen atoms in total. The molecule has 0 radical (unpaired) electrons. The molecule has 3 aromatic rings. The van der Waals surface area contributed by atoms with Crippen LogP contribution in [0.15, 0.2) is 30.9 Å². The SMILES string of the molecule is C[C@@H]1CN(c2ncc(-c3cc(Nc4ncnc(Cl)c4N)c(N4C[C@@H](C)N(C)[C@@H](C)C4)cc3F)cn2)C[C@H](C)O1. The van der Waals surface area contributed by atoms with Gasteiger partial charge in [-0.3, -0.25) is 4.90 Å². The van der Waals surface area contributed by atoms with Crippen molar-refractivity contribution in [3.63, 3.8) is 0 Å². The molecule has 3 N–H and O–H groups in total. The monoisotopic (exact) mass is 555 g/mol. The van der Waals surface area contributed by atoms with Crippen LogP contribution in [0.3, 0.4) is 0 Å². The Balaban J connectivity index is 1.52. The van der Waals surface area contributed by atoms with Crippen LogP contribution in [0, 0.1) is 5.82 Å². The molecular formula is C27H35ClFN9O. The number of halogens is 2. The fraction of sp³-hybridized carbons (Fsp3) is 0.481. The summed E-state index contributed by atoms with van der Waals surface area (Å²) in [7, 11) is 2.11. The molecule has 12 heteroatoms. The van der Waals surface area contributed by atoms with Crippen molar-refractivity contribution in [1.29, 1.82) is 0 Å². The summed E-state index contributed by atoms with van der Waals surface area (Å²) in [6.07, 6.45) is 4.82. The van der Waals surface area contributed by atoms with E-state index >= 15 is 4.39 Å². The summed E-state index contributed by atoms with van der Waals surface area (Å²) in [5.41, 5.74) is 8.67. The van der Waals surface area contributed by atoms with Gasteiger partial charge < -0.3 is 25.6 Å². The zero-order chi connectivity index (χ0) is 27.8. The van der Waals surface area contributed by atoms with Crippen molar-refractivity contribution in [2.24, 2.45) is 0 Å². The fourth-order valence-electron chi connectivity index (χ4n) is 5.31. The molecule has 2 aliphatic heterocycles. The average molecular weight is 556 g/mol. The van der Waals surface area contributed by atoms with E-state index in [1.807, 2.05) is 13.8 Å². The smallest absolute Gasteiger partial charge is 0.225 e. The summed E-state index contributed by atoms with van der Waals surface area (Å²) in [6, 6.07) is 3.88. The van der Waals surface area contributed by atoms with E-state index in [9.17, 15) is 0 Å². The Morgan fingerprint density at radius 1 is 0.949 bits per heavy atom. The number of aromatic nitrogens is 4. The van der Waals surface area contributed by atoms with Crippen LogP contribution >= 0.6 is 11.6 Å². The summed E-state index contributed by atoms with van der Waals surface area (Å²) >= 11 is 6.15. The summed E-state index contributed by atoms with van der Waals surface area (Å²) in [5, 5.41) is 3.43. The zero-order valence-electron chi connectivity index (χ0n) is 22.9.